The highest BCUT2D eigenvalue weighted by molar-refractivity contribution is 9.18. The van der Waals surface area contributed by atoms with Gasteiger partial charge in [0.2, 0.25) is 0 Å². The third kappa shape index (κ3) is 7.08. The molecular weight excluding hydrogens is 495 g/mol. The van der Waals surface area contributed by atoms with Crippen molar-refractivity contribution in [2.75, 3.05) is 6.54 Å². The molecule has 3 aliphatic rings. The first-order valence-electron chi connectivity index (χ1n) is 12.5. The van der Waals surface area contributed by atoms with E-state index >= 15 is 0 Å². The van der Waals surface area contributed by atoms with Crippen molar-refractivity contribution in [3.05, 3.63) is 35.5 Å². The van der Waals surface area contributed by atoms with Crippen molar-refractivity contribution < 1.29 is 18.8 Å². The molecule has 0 aliphatic carbocycles. The van der Waals surface area contributed by atoms with Gasteiger partial charge in [-0.2, -0.15) is 0 Å². The van der Waals surface area contributed by atoms with Crippen LogP contribution < -0.4 is 0 Å². The molecule has 3 heterocycles. The van der Waals surface area contributed by atoms with Crippen LogP contribution in [0.5, 0.6) is 0 Å². The van der Waals surface area contributed by atoms with Gasteiger partial charge in [-0.3, -0.25) is 9.89 Å². The van der Waals surface area contributed by atoms with Crippen molar-refractivity contribution in [1.29, 1.82) is 0 Å². The minimum Gasteiger partial charge on any atom is -0.443 e. The maximum Gasteiger partial charge on any atom is 0.496 e. The summed E-state index contributed by atoms with van der Waals surface area (Å²) >= 11 is 3.52. The quantitative estimate of drug-likeness (QED) is 0.280. The fraction of sp³-hybridized carbons (Fsp3) is 0.692. The summed E-state index contributed by atoms with van der Waals surface area (Å²) < 4.78 is 19.3. The summed E-state index contributed by atoms with van der Waals surface area (Å²) in [7, 11) is -0.564. The fourth-order valence-electron chi connectivity index (χ4n) is 3.35. The average Bonchev–Trinajstić information content (AvgIpc) is 3.27. The number of ether oxygens (including phenoxy) is 1. The summed E-state index contributed by atoms with van der Waals surface area (Å²) in [6.45, 7) is 22.5. The molecule has 8 heteroatoms. The van der Waals surface area contributed by atoms with Crippen LogP contribution in [0.15, 0.2) is 40.5 Å². The highest BCUT2D eigenvalue weighted by Gasteiger charge is 2.54. The van der Waals surface area contributed by atoms with Gasteiger partial charge in [-0.05, 0) is 69.5 Å². The van der Waals surface area contributed by atoms with E-state index in [9.17, 15) is 4.79 Å². The third-order valence-corrected chi connectivity index (χ3v) is 6.91. The Balaban J connectivity index is 0.00000137. The van der Waals surface area contributed by atoms with Crippen molar-refractivity contribution in [2.45, 2.75) is 112 Å². The van der Waals surface area contributed by atoms with E-state index in [0.29, 0.717) is 13.0 Å². The maximum absolute atomic E-state index is 13.1. The van der Waals surface area contributed by atoms with Gasteiger partial charge in [-0.15, -0.1) is 0 Å². The van der Waals surface area contributed by atoms with E-state index in [2.05, 4.69) is 27.0 Å². The zero-order valence-corrected chi connectivity index (χ0v) is 24.6. The zero-order valence-electron chi connectivity index (χ0n) is 23.0. The van der Waals surface area contributed by atoms with Crippen molar-refractivity contribution in [3.8, 4) is 0 Å². The number of nitrogens with zero attached hydrogens (tertiary/aromatic N) is 2. The van der Waals surface area contributed by atoms with Gasteiger partial charge in [-0.1, -0.05) is 52.8 Å². The second kappa shape index (κ2) is 12.5. The molecule has 1 saturated heterocycles. The van der Waals surface area contributed by atoms with Gasteiger partial charge in [0.25, 0.3) is 0 Å². The lowest BCUT2D eigenvalue weighted by atomic mass is 9.73. The van der Waals surface area contributed by atoms with E-state index in [1.165, 1.54) is 0 Å². The number of hydrogen-bond donors (Lipinski definition) is 0. The van der Waals surface area contributed by atoms with Gasteiger partial charge in [0, 0.05) is 18.1 Å². The molecule has 0 saturated carbocycles. The van der Waals surface area contributed by atoms with Crippen LogP contribution in [0.3, 0.4) is 0 Å². The average molecular weight is 539 g/mol. The molecule has 1 fully saturated rings. The lowest BCUT2D eigenvalue weighted by molar-refractivity contribution is 0.00578. The van der Waals surface area contributed by atoms with Gasteiger partial charge in [0.15, 0.2) is 0 Å². The second-order valence-electron chi connectivity index (χ2n) is 9.51. The number of carbonyl (C=O) groups excluding carboxylic acids is 1. The Morgan fingerprint density at radius 3 is 2.29 bits per heavy atom. The first-order valence-corrected chi connectivity index (χ1v) is 13.3. The standard InChI is InChI=1S/C22H32BBrN2O4.2C2H6/c1-8-20(2,3)28-19(27)26-14-16(23-29-21(4,5)22(6,7)30-23)15-11-12-18(24)25-13-9-10-17(15)26;2*1-2/h9-11,14,17H,8,12-13H2,1-7H3;2*1-2H3/b10-9?,15-11-,25-18?;;. The van der Waals surface area contributed by atoms with Gasteiger partial charge >= 0.3 is 13.2 Å². The van der Waals surface area contributed by atoms with Crippen LogP contribution >= 0.6 is 15.9 Å². The van der Waals surface area contributed by atoms with Crippen molar-refractivity contribution >= 4 is 33.8 Å². The number of amides is 1. The number of rotatable bonds is 3. The summed E-state index contributed by atoms with van der Waals surface area (Å²) in [5.41, 5.74) is 0.337. The molecule has 0 aromatic heterocycles. The van der Waals surface area contributed by atoms with Crippen LogP contribution in [0.1, 0.15) is 89.0 Å². The van der Waals surface area contributed by atoms with Gasteiger partial charge in [-0.25, -0.2) is 4.79 Å². The van der Waals surface area contributed by atoms with Crippen LogP contribution in [-0.2, 0) is 14.0 Å². The molecule has 1 unspecified atom stereocenters. The molecule has 34 heavy (non-hydrogen) atoms. The molecule has 3 aliphatic heterocycles. The maximum atomic E-state index is 13.1. The Morgan fingerprint density at radius 2 is 1.76 bits per heavy atom. The summed E-state index contributed by atoms with van der Waals surface area (Å²) in [6.07, 6.45) is 8.85. The molecule has 192 valence electrons. The van der Waals surface area contributed by atoms with Crippen LogP contribution in [0.4, 0.5) is 4.79 Å². The highest BCUT2D eigenvalue weighted by Crippen LogP contribution is 2.43. The number of fused-ring (bicyclic) bond motifs is 1. The normalized spacial score (nSPS) is 24.5. The Morgan fingerprint density at radius 1 is 1.21 bits per heavy atom. The van der Waals surface area contributed by atoms with E-state index in [-0.39, 0.29) is 12.1 Å². The lowest BCUT2D eigenvalue weighted by Gasteiger charge is -2.32. The number of carbonyl (C=O) groups is 1. The van der Waals surface area contributed by atoms with E-state index in [4.69, 9.17) is 14.0 Å². The van der Waals surface area contributed by atoms with E-state index in [1.54, 1.807) is 4.90 Å². The van der Waals surface area contributed by atoms with Crippen LogP contribution in [0.2, 0.25) is 0 Å². The largest absolute Gasteiger partial charge is 0.496 e. The van der Waals surface area contributed by atoms with Crippen molar-refractivity contribution in [1.82, 2.24) is 4.90 Å². The van der Waals surface area contributed by atoms with Gasteiger partial charge < -0.3 is 14.0 Å². The monoisotopic (exact) mass is 538 g/mol. The summed E-state index contributed by atoms with van der Waals surface area (Å²) in [6, 6.07) is -0.284. The zero-order chi connectivity index (χ0) is 26.3. The number of halogens is 1. The van der Waals surface area contributed by atoms with Crippen LogP contribution in [-0.4, -0.2) is 52.1 Å². The van der Waals surface area contributed by atoms with Gasteiger partial charge in [0.1, 0.15) is 5.60 Å². The third-order valence-electron chi connectivity index (χ3n) is 6.34. The van der Waals surface area contributed by atoms with E-state index < -0.39 is 23.9 Å². The molecule has 1 atom stereocenters. The van der Waals surface area contributed by atoms with E-state index in [1.807, 2.05) is 94.5 Å². The molecule has 0 spiro atoms. The van der Waals surface area contributed by atoms with E-state index in [0.717, 1.165) is 22.1 Å². The minimum absolute atomic E-state index is 0.284. The van der Waals surface area contributed by atoms with Crippen molar-refractivity contribution in [3.63, 3.8) is 0 Å². The topological polar surface area (TPSA) is 60.4 Å². The van der Waals surface area contributed by atoms with Gasteiger partial charge in [0.05, 0.1) is 28.4 Å². The molecule has 3 rings (SSSR count). The lowest BCUT2D eigenvalue weighted by Crippen LogP contribution is -2.41. The Labute approximate surface area is 216 Å². The predicted molar refractivity (Wildman–Crippen MR) is 146 cm³/mol. The number of aliphatic imine (C=N–C) groups is 1. The summed E-state index contributed by atoms with van der Waals surface area (Å²) in [5, 5.41) is 0. The number of allylic oxidation sites excluding steroid dienone is 1. The Kier molecular flexibility index (Phi) is 11.3. The smallest absolute Gasteiger partial charge is 0.443 e. The number of hydrogen-bond acceptors (Lipinski definition) is 5. The van der Waals surface area contributed by atoms with Crippen molar-refractivity contribution in [2.24, 2.45) is 4.99 Å². The Hall–Kier alpha value is -1.38. The molecule has 0 N–H and O–H groups in total. The first-order chi connectivity index (χ1) is 15.9. The highest BCUT2D eigenvalue weighted by atomic mass is 79.9. The molecule has 0 radical (unpaired) electrons. The molecule has 0 bridgehead atoms. The minimum atomic E-state index is -0.564. The molecule has 0 aromatic carbocycles. The SMILES string of the molecule is CC.CC.CCC(C)(C)OC(=O)N1C=C(B2OC(C)(C)C(C)(C)O2)/C2=C/CC(Br)=NCC=CC21. The molecule has 6 nitrogen and oxygen atoms in total. The summed E-state index contributed by atoms with van der Waals surface area (Å²) in [5.74, 6) is 0. The molecular formula is C26H44BBrN2O4. The Bertz CT molecular complexity index is 815. The first kappa shape index (κ1) is 30.7. The molecule has 1 amide bonds. The fourth-order valence-corrected chi connectivity index (χ4v) is 3.66. The second-order valence-corrected chi connectivity index (χ2v) is 10.4. The van der Waals surface area contributed by atoms with Crippen LogP contribution in [0, 0.1) is 0 Å². The van der Waals surface area contributed by atoms with Crippen LogP contribution in [0.25, 0.3) is 0 Å². The predicted octanol–water partition coefficient (Wildman–Crippen LogP) is 7.24. The molecule has 0 aromatic rings. The summed E-state index contributed by atoms with van der Waals surface area (Å²) in [4.78, 5) is 19.2.